The molecule has 1 amide bonds. The van der Waals surface area contributed by atoms with Crippen LogP contribution in [0.5, 0.6) is 5.75 Å². The summed E-state index contributed by atoms with van der Waals surface area (Å²) in [5.41, 5.74) is 5.99. The Kier molecular flexibility index (Phi) is 6.51. The predicted molar refractivity (Wildman–Crippen MR) is 129 cm³/mol. The highest BCUT2D eigenvalue weighted by atomic mass is 35.5. The first-order valence-corrected chi connectivity index (χ1v) is 11.0. The van der Waals surface area contributed by atoms with Gasteiger partial charge >= 0.3 is 0 Å². The molecule has 2 heterocycles. The normalized spacial score (nSPS) is 10.9. The predicted octanol–water partition coefficient (Wildman–Crippen LogP) is 5.30. The van der Waals surface area contributed by atoms with E-state index < -0.39 is 0 Å². The molecule has 0 radical (unpaired) electrons. The number of nitrogens with zero attached hydrogens (tertiary/aromatic N) is 4. The number of rotatable bonds is 7. The fraction of sp³-hybridized carbons (Fsp3) is 0.240. The van der Waals surface area contributed by atoms with Crippen molar-refractivity contribution in [3.05, 3.63) is 93.5 Å². The summed E-state index contributed by atoms with van der Waals surface area (Å²) in [5.74, 6) is 0.422. The molecule has 0 fully saturated rings. The average molecular weight is 464 g/mol. The van der Waals surface area contributed by atoms with Crippen LogP contribution in [0, 0.1) is 27.7 Å². The van der Waals surface area contributed by atoms with Crippen LogP contribution >= 0.6 is 11.6 Å². The van der Waals surface area contributed by atoms with Crippen LogP contribution in [0.2, 0.25) is 5.02 Å². The van der Waals surface area contributed by atoms with Crippen LogP contribution in [0.1, 0.15) is 38.6 Å². The Morgan fingerprint density at radius 1 is 1.03 bits per heavy atom. The van der Waals surface area contributed by atoms with Crippen LogP contribution in [-0.4, -0.2) is 25.5 Å². The summed E-state index contributed by atoms with van der Waals surface area (Å²) in [7, 11) is 0. The Bertz CT molecular complexity index is 1310. The molecule has 8 heteroatoms. The Labute approximate surface area is 197 Å². The van der Waals surface area contributed by atoms with E-state index in [0.717, 1.165) is 17.0 Å². The van der Waals surface area contributed by atoms with E-state index in [0.29, 0.717) is 28.7 Å². The van der Waals surface area contributed by atoms with Gasteiger partial charge in [0.25, 0.3) is 5.91 Å². The van der Waals surface area contributed by atoms with Gasteiger partial charge < -0.3 is 10.1 Å². The van der Waals surface area contributed by atoms with E-state index in [4.69, 9.17) is 16.3 Å². The number of anilines is 1. The molecule has 4 aromatic rings. The van der Waals surface area contributed by atoms with E-state index in [-0.39, 0.29) is 12.6 Å². The lowest BCUT2D eigenvalue weighted by Crippen LogP contribution is -2.15. The van der Waals surface area contributed by atoms with Crippen LogP contribution in [-0.2, 0) is 13.3 Å². The minimum atomic E-state index is -0.293. The van der Waals surface area contributed by atoms with Gasteiger partial charge in [-0.2, -0.15) is 10.2 Å². The molecule has 0 bridgehead atoms. The zero-order chi connectivity index (χ0) is 23.5. The second kappa shape index (κ2) is 9.50. The van der Waals surface area contributed by atoms with Gasteiger partial charge in [0.15, 0.2) is 12.4 Å². The van der Waals surface area contributed by atoms with Crippen molar-refractivity contribution in [2.45, 2.75) is 41.0 Å². The molecular weight excluding hydrogens is 438 g/mol. The average Bonchev–Trinajstić information content (AvgIpc) is 3.35. The van der Waals surface area contributed by atoms with Gasteiger partial charge in [0.2, 0.25) is 0 Å². The first-order valence-electron chi connectivity index (χ1n) is 10.6. The maximum atomic E-state index is 12.8. The Morgan fingerprint density at radius 3 is 2.58 bits per heavy atom. The third kappa shape index (κ3) is 5.09. The number of hydrogen-bond acceptors (Lipinski definition) is 4. The highest BCUT2D eigenvalue weighted by Gasteiger charge is 2.17. The van der Waals surface area contributed by atoms with Crippen LogP contribution in [0.15, 0.2) is 54.7 Å². The number of carbonyl (C=O) groups excluding carboxylic acids is 1. The number of aryl methyl sites for hydroxylation is 3. The third-order valence-corrected chi connectivity index (χ3v) is 5.80. The molecule has 0 saturated heterocycles. The Morgan fingerprint density at radius 2 is 1.82 bits per heavy atom. The molecule has 1 N–H and O–H groups in total. The largest absolute Gasteiger partial charge is 0.471 e. The van der Waals surface area contributed by atoms with E-state index in [2.05, 4.69) is 34.6 Å². The smallest absolute Gasteiger partial charge is 0.276 e. The number of halogens is 1. The lowest BCUT2D eigenvalue weighted by Gasteiger charge is -2.09. The van der Waals surface area contributed by atoms with Gasteiger partial charge in [-0.05, 0) is 68.7 Å². The molecule has 0 aliphatic rings. The number of amides is 1. The van der Waals surface area contributed by atoms with E-state index >= 15 is 0 Å². The second-order valence-electron chi connectivity index (χ2n) is 8.01. The van der Waals surface area contributed by atoms with Gasteiger partial charge in [0.1, 0.15) is 5.75 Å². The van der Waals surface area contributed by atoms with Gasteiger partial charge in [0.05, 0.1) is 23.6 Å². The summed E-state index contributed by atoms with van der Waals surface area (Å²) in [6.07, 6.45) is 1.71. The van der Waals surface area contributed by atoms with Crippen molar-refractivity contribution in [3.8, 4) is 5.75 Å². The molecule has 0 spiro atoms. The zero-order valence-corrected chi connectivity index (χ0v) is 19.8. The van der Waals surface area contributed by atoms with E-state index in [9.17, 15) is 4.79 Å². The third-order valence-electron chi connectivity index (χ3n) is 5.56. The first-order chi connectivity index (χ1) is 15.8. The molecule has 4 rings (SSSR count). The fourth-order valence-corrected chi connectivity index (χ4v) is 3.85. The molecule has 0 saturated carbocycles. The van der Waals surface area contributed by atoms with Crippen LogP contribution < -0.4 is 10.1 Å². The van der Waals surface area contributed by atoms with Crippen molar-refractivity contribution in [1.82, 2.24) is 19.6 Å². The first kappa shape index (κ1) is 22.6. The van der Waals surface area contributed by atoms with E-state index in [1.807, 2.05) is 49.7 Å². The highest BCUT2D eigenvalue weighted by molar-refractivity contribution is 6.30. The van der Waals surface area contributed by atoms with Crippen LogP contribution in [0.4, 0.5) is 5.69 Å². The SMILES string of the molecule is Cc1ccccc1Cn1nc(C)c(NC(=O)c2ccn(COc3ccc(Cl)cc3C)n2)c1C. The van der Waals surface area contributed by atoms with Crippen molar-refractivity contribution < 1.29 is 9.53 Å². The highest BCUT2D eigenvalue weighted by Crippen LogP contribution is 2.23. The molecule has 170 valence electrons. The van der Waals surface area contributed by atoms with E-state index in [1.54, 1.807) is 23.0 Å². The minimum absolute atomic E-state index is 0.183. The number of hydrogen-bond donors (Lipinski definition) is 1. The molecule has 0 unspecified atom stereocenters. The topological polar surface area (TPSA) is 74.0 Å². The molecule has 0 aliphatic carbocycles. The summed E-state index contributed by atoms with van der Waals surface area (Å²) in [6, 6.07) is 15.3. The van der Waals surface area contributed by atoms with Crippen LogP contribution in [0.25, 0.3) is 0 Å². The summed E-state index contributed by atoms with van der Waals surface area (Å²) >= 11 is 5.99. The quantitative estimate of drug-likeness (QED) is 0.403. The molecule has 0 atom stereocenters. The number of aromatic nitrogens is 4. The van der Waals surface area contributed by atoms with Gasteiger partial charge in [-0.25, -0.2) is 4.68 Å². The van der Waals surface area contributed by atoms with Crippen molar-refractivity contribution in [2.24, 2.45) is 0 Å². The maximum absolute atomic E-state index is 12.8. The number of carbonyl (C=O) groups is 1. The minimum Gasteiger partial charge on any atom is -0.471 e. The lowest BCUT2D eigenvalue weighted by molar-refractivity contribution is 0.102. The summed E-state index contributed by atoms with van der Waals surface area (Å²) in [6.45, 7) is 8.67. The standard InChI is InChI=1S/C25H26ClN5O2/c1-16-7-5-6-8-20(16)14-31-19(4)24(18(3)28-31)27-25(32)22-11-12-30(29-22)15-33-23-10-9-21(26)13-17(23)2/h5-13H,14-15H2,1-4H3,(H,27,32). The lowest BCUT2D eigenvalue weighted by atomic mass is 10.1. The van der Waals surface area contributed by atoms with Gasteiger partial charge in [-0.3, -0.25) is 9.48 Å². The number of ether oxygens (including phenoxy) is 1. The van der Waals surface area contributed by atoms with Crippen LogP contribution in [0.3, 0.4) is 0 Å². The zero-order valence-electron chi connectivity index (χ0n) is 19.1. The molecule has 2 aromatic carbocycles. The monoisotopic (exact) mass is 463 g/mol. The Hall–Kier alpha value is -3.58. The van der Waals surface area contributed by atoms with E-state index in [1.165, 1.54) is 11.1 Å². The van der Waals surface area contributed by atoms with Gasteiger partial charge in [0, 0.05) is 11.2 Å². The van der Waals surface area contributed by atoms with Crippen molar-refractivity contribution in [1.29, 1.82) is 0 Å². The van der Waals surface area contributed by atoms with Crippen molar-refractivity contribution >= 4 is 23.2 Å². The maximum Gasteiger partial charge on any atom is 0.276 e. The molecule has 2 aromatic heterocycles. The van der Waals surface area contributed by atoms with Crippen molar-refractivity contribution in [2.75, 3.05) is 5.32 Å². The number of nitrogens with one attached hydrogen (secondary N) is 1. The molecule has 7 nitrogen and oxygen atoms in total. The summed E-state index contributed by atoms with van der Waals surface area (Å²) in [5, 5.41) is 12.6. The molecular formula is C25H26ClN5O2. The Balaban J connectivity index is 1.43. The molecule has 0 aliphatic heterocycles. The fourth-order valence-electron chi connectivity index (χ4n) is 3.62. The van der Waals surface area contributed by atoms with Gasteiger partial charge in [-0.1, -0.05) is 35.9 Å². The summed E-state index contributed by atoms with van der Waals surface area (Å²) < 4.78 is 9.28. The second-order valence-corrected chi connectivity index (χ2v) is 8.44. The van der Waals surface area contributed by atoms with Gasteiger partial charge in [-0.15, -0.1) is 0 Å². The molecule has 33 heavy (non-hydrogen) atoms. The number of benzene rings is 2. The van der Waals surface area contributed by atoms with Crippen molar-refractivity contribution in [3.63, 3.8) is 0 Å². The summed E-state index contributed by atoms with van der Waals surface area (Å²) in [4.78, 5) is 12.8.